The standard InChI is InChI=1S/C18H26N6OS.C2H6/c1-10-15(17-23-14(8-19-3)11(2)26-17)16(24-18(20-4)21-10)22-13-6-5-12(7-13)9-25;1-2/h8,12-13,25H,5-7,9H2,1-4H3,(H2,20,21,22,24);1-2H3. The Morgan fingerprint density at radius 2 is 1.96 bits per heavy atom. The Morgan fingerprint density at radius 3 is 2.57 bits per heavy atom. The molecule has 0 radical (unpaired) electrons. The van der Waals surface area contributed by atoms with E-state index in [9.17, 15) is 5.11 Å². The normalized spacial score (nSPS) is 18.8. The van der Waals surface area contributed by atoms with E-state index in [0.29, 0.717) is 17.9 Å². The van der Waals surface area contributed by atoms with Crippen LogP contribution in [0.15, 0.2) is 4.99 Å². The lowest BCUT2D eigenvalue weighted by atomic mass is 10.1. The fourth-order valence-corrected chi connectivity index (χ4v) is 4.35. The van der Waals surface area contributed by atoms with Gasteiger partial charge in [0.25, 0.3) is 0 Å². The molecule has 2 unspecified atom stereocenters. The van der Waals surface area contributed by atoms with Gasteiger partial charge >= 0.3 is 0 Å². The van der Waals surface area contributed by atoms with Gasteiger partial charge in [0.2, 0.25) is 5.95 Å². The number of hydrogen-bond acceptors (Lipinski definition) is 8. The topological polar surface area (TPSA) is 95.3 Å². The quantitative estimate of drug-likeness (QED) is 0.632. The van der Waals surface area contributed by atoms with Gasteiger partial charge in [-0.05, 0) is 39.0 Å². The van der Waals surface area contributed by atoms with Crippen molar-refractivity contribution in [2.75, 3.05) is 31.3 Å². The molecule has 8 heteroatoms. The van der Waals surface area contributed by atoms with Crippen LogP contribution < -0.4 is 10.6 Å². The van der Waals surface area contributed by atoms with Gasteiger partial charge in [0.05, 0.1) is 17.0 Å². The van der Waals surface area contributed by atoms with Crippen LogP contribution in [0.4, 0.5) is 11.8 Å². The summed E-state index contributed by atoms with van der Waals surface area (Å²) in [5.74, 6) is 1.77. The van der Waals surface area contributed by atoms with Crippen LogP contribution in [0.5, 0.6) is 0 Å². The fourth-order valence-electron chi connectivity index (χ4n) is 3.37. The molecule has 0 aliphatic heterocycles. The summed E-state index contributed by atoms with van der Waals surface area (Å²) in [7, 11) is 3.57. The molecule has 3 rings (SSSR count). The largest absolute Gasteiger partial charge is 0.396 e. The van der Waals surface area contributed by atoms with Gasteiger partial charge in [0.15, 0.2) is 0 Å². The Kier molecular flexibility index (Phi) is 8.32. The number of thiazole rings is 1. The Morgan fingerprint density at radius 1 is 1.21 bits per heavy atom. The molecule has 2 heterocycles. The molecule has 0 amide bonds. The number of hydrogen-bond donors (Lipinski definition) is 3. The van der Waals surface area contributed by atoms with Crippen molar-refractivity contribution in [3.05, 3.63) is 16.3 Å². The molecule has 1 aliphatic rings. The molecule has 0 spiro atoms. The Hall–Kier alpha value is -2.06. The second kappa shape index (κ2) is 10.5. The maximum absolute atomic E-state index is 9.41. The van der Waals surface area contributed by atoms with Crippen molar-refractivity contribution < 1.29 is 5.11 Å². The van der Waals surface area contributed by atoms with Gasteiger partial charge in [0.1, 0.15) is 10.8 Å². The molecule has 0 aromatic carbocycles. The first kappa shape index (κ1) is 22.2. The number of anilines is 2. The van der Waals surface area contributed by atoms with E-state index in [1.807, 2.05) is 34.7 Å². The number of nitrogens with zero attached hydrogens (tertiary/aromatic N) is 4. The van der Waals surface area contributed by atoms with Gasteiger partial charge in [-0.3, -0.25) is 4.99 Å². The van der Waals surface area contributed by atoms with E-state index in [-0.39, 0.29) is 6.61 Å². The van der Waals surface area contributed by atoms with Crippen LogP contribution in [-0.4, -0.2) is 53.0 Å². The number of aliphatic hydroxyl groups excluding tert-OH is 1. The third-order valence-corrected chi connectivity index (χ3v) is 5.76. The predicted octanol–water partition coefficient (Wildman–Crippen LogP) is 3.91. The molecule has 154 valence electrons. The molecular weight excluding hydrogens is 372 g/mol. The molecule has 7 nitrogen and oxygen atoms in total. The fraction of sp³-hybridized carbons (Fsp3) is 0.600. The minimum Gasteiger partial charge on any atom is -0.396 e. The molecule has 2 aromatic rings. The van der Waals surface area contributed by atoms with Crippen molar-refractivity contribution in [2.45, 2.75) is 53.0 Å². The lowest BCUT2D eigenvalue weighted by Crippen LogP contribution is -2.19. The lowest BCUT2D eigenvalue weighted by molar-refractivity contribution is 0.229. The minimum atomic E-state index is 0.251. The first-order valence-electron chi connectivity index (χ1n) is 9.89. The van der Waals surface area contributed by atoms with E-state index in [1.54, 1.807) is 24.6 Å². The zero-order valence-electron chi connectivity index (χ0n) is 17.7. The summed E-state index contributed by atoms with van der Waals surface area (Å²) in [6.07, 6.45) is 4.81. The van der Waals surface area contributed by atoms with Crippen molar-refractivity contribution in [3.63, 3.8) is 0 Å². The van der Waals surface area contributed by atoms with Crippen LogP contribution in [0.25, 0.3) is 10.6 Å². The predicted molar refractivity (Wildman–Crippen MR) is 119 cm³/mol. The monoisotopic (exact) mass is 404 g/mol. The Balaban J connectivity index is 0.00000136. The molecule has 1 fully saturated rings. The van der Waals surface area contributed by atoms with Gasteiger partial charge in [-0.15, -0.1) is 11.3 Å². The van der Waals surface area contributed by atoms with Crippen LogP contribution in [-0.2, 0) is 0 Å². The van der Waals surface area contributed by atoms with E-state index in [1.165, 1.54) is 0 Å². The van der Waals surface area contributed by atoms with Crippen LogP contribution in [0.1, 0.15) is 49.4 Å². The van der Waals surface area contributed by atoms with Crippen molar-refractivity contribution in [2.24, 2.45) is 10.9 Å². The number of aromatic nitrogens is 3. The second-order valence-corrected chi connectivity index (χ2v) is 7.86. The molecule has 2 aromatic heterocycles. The third kappa shape index (κ3) is 5.05. The highest BCUT2D eigenvalue weighted by molar-refractivity contribution is 7.15. The summed E-state index contributed by atoms with van der Waals surface area (Å²) in [5.41, 5.74) is 2.72. The van der Waals surface area contributed by atoms with E-state index < -0.39 is 0 Å². The second-order valence-electron chi connectivity index (χ2n) is 6.66. The summed E-state index contributed by atoms with van der Waals surface area (Å²) < 4.78 is 0. The van der Waals surface area contributed by atoms with Crippen molar-refractivity contribution in [1.29, 1.82) is 0 Å². The average molecular weight is 405 g/mol. The van der Waals surface area contributed by atoms with Gasteiger partial charge in [0, 0.05) is 37.8 Å². The lowest BCUT2D eigenvalue weighted by Gasteiger charge is -2.18. The molecule has 0 bridgehead atoms. The Labute approximate surface area is 171 Å². The highest BCUT2D eigenvalue weighted by Crippen LogP contribution is 2.36. The van der Waals surface area contributed by atoms with E-state index in [4.69, 9.17) is 4.98 Å². The first-order valence-corrected chi connectivity index (χ1v) is 10.7. The number of aliphatic hydroxyl groups is 1. The van der Waals surface area contributed by atoms with Crippen LogP contribution in [0.2, 0.25) is 0 Å². The zero-order chi connectivity index (χ0) is 20.7. The maximum atomic E-state index is 9.41. The minimum absolute atomic E-state index is 0.251. The number of rotatable bonds is 6. The van der Waals surface area contributed by atoms with Gasteiger partial charge < -0.3 is 15.7 Å². The highest BCUT2D eigenvalue weighted by Gasteiger charge is 2.26. The van der Waals surface area contributed by atoms with Gasteiger partial charge in [-0.25, -0.2) is 9.97 Å². The van der Waals surface area contributed by atoms with Crippen LogP contribution >= 0.6 is 11.3 Å². The summed E-state index contributed by atoms with van der Waals surface area (Å²) in [6, 6.07) is 0.308. The van der Waals surface area contributed by atoms with Crippen molar-refractivity contribution in [3.8, 4) is 10.6 Å². The molecule has 0 saturated heterocycles. The number of aliphatic imine (C=N–C) groups is 1. The maximum Gasteiger partial charge on any atom is 0.224 e. The number of nitrogens with one attached hydrogen (secondary N) is 2. The molecular formula is C20H32N6OS. The van der Waals surface area contributed by atoms with E-state index in [2.05, 4.69) is 25.6 Å². The van der Waals surface area contributed by atoms with Gasteiger partial charge in [-0.2, -0.15) is 4.98 Å². The van der Waals surface area contributed by atoms with E-state index >= 15 is 0 Å². The molecule has 1 aliphatic carbocycles. The Bertz CT molecular complexity index is 804. The summed E-state index contributed by atoms with van der Waals surface area (Å²) in [6.45, 7) is 8.28. The number of aryl methyl sites for hydroxylation is 2. The van der Waals surface area contributed by atoms with Gasteiger partial charge in [-0.1, -0.05) is 13.8 Å². The van der Waals surface area contributed by atoms with Crippen LogP contribution in [0.3, 0.4) is 0 Å². The molecule has 28 heavy (non-hydrogen) atoms. The molecule has 3 N–H and O–H groups in total. The first-order chi connectivity index (χ1) is 13.5. The smallest absolute Gasteiger partial charge is 0.224 e. The summed E-state index contributed by atoms with van der Waals surface area (Å²) in [4.78, 5) is 19.2. The van der Waals surface area contributed by atoms with Crippen molar-refractivity contribution in [1.82, 2.24) is 15.0 Å². The average Bonchev–Trinajstić information content (AvgIpc) is 3.30. The SMILES string of the molecule is CC.CN=Cc1nc(-c2c(C)nc(NC)nc2NC2CCC(CO)C2)sc1C. The molecule has 1 saturated carbocycles. The summed E-state index contributed by atoms with van der Waals surface area (Å²) in [5, 5.41) is 16.9. The van der Waals surface area contributed by atoms with Crippen LogP contribution in [0, 0.1) is 19.8 Å². The zero-order valence-corrected chi connectivity index (χ0v) is 18.5. The third-order valence-electron chi connectivity index (χ3n) is 4.75. The van der Waals surface area contributed by atoms with E-state index in [0.717, 1.165) is 51.9 Å². The molecule has 2 atom stereocenters. The summed E-state index contributed by atoms with van der Waals surface area (Å²) >= 11 is 1.63. The highest BCUT2D eigenvalue weighted by atomic mass is 32.1. The van der Waals surface area contributed by atoms with Crippen molar-refractivity contribution >= 4 is 29.3 Å².